The van der Waals surface area contributed by atoms with E-state index in [1.165, 1.54) is 4.90 Å². The van der Waals surface area contributed by atoms with Crippen molar-refractivity contribution in [3.05, 3.63) is 29.8 Å². The average molecular weight is 298 g/mol. The van der Waals surface area contributed by atoms with E-state index >= 15 is 0 Å². The van der Waals surface area contributed by atoms with Gasteiger partial charge in [0.1, 0.15) is 6.10 Å². The molecule has 20 heavy (non-hydrogen) atoms. The quantitative estimate of drug-likeness (QED) is 0.888. The van der Waals surface area contributed by atoms with E-state index in [0.29, 0.717) is 6.54 Å². The van der Waals surface area contributed by atoms with E-state index in [1.54, 1.807) is 6.92 Å². The molecule has 7 heteroatoms. The maximum absolute atomic E-state index is 11.8. The van der Waals surface area contributed by atoms with Crippen molar-refractivity contribution in [2.75, 3.05) is 23.7 Å². The Morgan fingerprint density at radius 1 is 1.35 bits per heavy atom. The summed E-state index contributed by atoms with van der Waals surface area (Å²) in [5.74, 6) is 0.00927. The molecule has 1 atom stereocenters. The van der Waals surface area contributed by atoms with Crippen molar-refractivity contribution in [1.82, 2.24) is 4.72 Å². The third kappa shape index (κ3) is 3.49. The van der Waals surface area contributed by atoms with E-state index in [0.717, 1.165) is 11.3 Å². The largest absolute Gasteiger partial charge is 0.443 e. The highest BCUT2D eigenvalue weighted by atomic mass is 32.2. The van der Waals surface area contributed by atoms with Gasteiger partial charge in [0.05, 0.1) is 12.3 Å². The van der Waals surface area contributed by atoms with E-state index < -0.39 is 22.2 Å². The third-order valence-electron chi connectivity index (χ3n) is 3.13. The lowest BCUT2D eigenvalue weighted by Gasteiger charge is -2.13. The molecule has 0 saturated carbocycles. The van der Waals surface area contributed by atoms with Gasteiger partial charge >= 0.3 is 6.09 Å². The summed E-state index contributed by atoms with van der Waals surface area (Å²) in [7, 11) is -3.27. The lowest BCUT2D eigenvalue weighted by molar-refractivity contribution is 0.143. The Kier molecular flexibility index (Phi) is 4.29. The van der Waals surface area contributed by atoms with Gasteiger partial charge in [0.15, 0.2) is 0 Å². The number of rotatable bonds is 5. The fraction of sp³-hybridized carbons (Fsp3) is 0.462. The van der Waals surface area contributed by atoms with E-state index in [4.69, 9.17) is 4.74 Å². The molecule has 1 aromatic rings. The summed E-state index contributed by atoms with van der Waals surface area (Å²) in [5.41, 5.74) is 1.86. The van der Waals surface area contributed by atoms with E-state index in [9.17, 15) is 13.2 Å². The van der Waals surface area contributed by atoms with Gasteiger partial charge in [-0.25, -0.2) is 17.9 Å². The van der Waals surface area contributed by atoms with Gasteiger partial charge < -0.3 is 4.74 Å². The van der Waals surface area contributed by atoms with Crippen LogP contribution in [0.3, 0.4) is 0 Å². The van der Waals surface area contributed by atoms with Crippen LogP contribution in [0.1, 0.15) is 12.5 Å². The van der Waals surface area contributed by atoms with Crippen LogP contribution in [0.15, 0.2) is 24.3 Å². The lowest BCUT2D eigenvalue weighted by atomic mass is 10.2. The minimum Gasteiger partial charge on any atom is -0.443 e. The summed E-state index contributed by atoms with van der Waals surface area (Å²) in [6.07, 6.45) is -0.917. The summed E-state index contributed by atoms with van der Waals surface area (Å²) < 4.78 is 30.3. The second kappa shape index (κ2) is 5.80. The minimum atomic E-state index is -3.27. The predicted octanol–water partition coefficient (Wildman–Crippen LogP) is 1.26. The van der Waals surface area contributed by atoms with Crippen LogP contribution < -0.4 is 9.62 Å². The van der Waals surface area contributed by atoms with Crippen molar-refractivity contribution in [1.29, 1.82) is 0 Å². The number of carbonyl (C=O) groups excluding carboxylic acids is 1. The Bertz CT molecular complexity index is 583. The maximum atomic E-state index is 11.8. The van der Waals surface area contributed by atoms with Crippen molar-refractivity contribution >= 4 is 21.8 Å². The summed E-state index contributed by atoms with van der Waals surface area (Å²) in [5, 5.41) is 0. The number of hydrogen-bond acceptors (Lipinski definition) is 4. The van der Waals surface area contributed by atoms with Crippen LogP contribution in [0.5, 0.6) is 0 Å². The van der Waals surface area contributed by atoms with Gasteiger partial charge in [-0.15, -0.1) is 0 Å². The molecular weight excluding hydrogens is 280 g/mol. The zero-order valence-electron chi connectivity index (χ0n) is 11.5. The van der Waals surface area contributed by atoms with Gasteiger partial charge in [0.25, 0.3) is 0 Å². The number of ether oxygens (including phenoxy) is 1. The van der Waals surface area contributed by atoms with E-state index in [-0.39, 0.29) is 12.3 Å². The van der Waals surface area contributed by atoms with Gasteiger partial charge in [-0.2, -0.15) is 0 Å². The molecule has 6 nitrogen and oxygen atoms in total. The number of anilines is 1. The maximum Gasteiger partial charge on any atom is 0.414 e. The number of nitrogens with zero attached hydrogens (tertiary/aromatic N) is 1. The Morgan fingerprint density at radius 3 is 2.60 bits per heavy atom. The summed E-state index contributed by atoms with van der Waals surface area (Å²) in [6, 6.07) is 7.51. The van der Waals surface area contributed by atoms with Gasteiger partial charge in [-0.3, -0.25) is 4.90 Å². The predicted molar refractivity (Wildman–Crippen MR) is 76.3 cm³/mol. The van der Waals surface area contributed by atoms with E-state index in [2.05, 4.69) is 4.72 Å². The molecule has 0 aromatic heterocycles. The Balaban J connectivity index is 1.99. The minimum absolute atomic E-state index is 0.00927. The first-order valence-electron chi connectivity index (χ1n) is 6.43. The van der Waals surface area contributed by atoms with Crippen LogP contribution in [0, 0.1) is 6.92 Å². The van der Waals surface area contributed by atoms with Crippen molar-refractivity contribution in [3.63, 3.8) is 0 Å². The van der Waals surface area contributed by atoms with Crippen molar-refractivity contribution in [2.45, 2.75) is 20.0 Å². The number of amides is 1. The molecule has 1 aliphatic heterocycles. The van der Waals surface area contributed by atoms with Crippen molar-refractivity contribution in [2.24, 2.45) is 0 Å². The SMILES string of the molecule is CCS(=O)(=O)NC[C@H]1CN(c2ccc(C)cc2)C(=O)O1. The first-order chi connectivity index (χ1) is 9.41. The highest BCUT2D eigenvalue weighted by Crippen LogP contribution is 2.21. The molecule has 0 radical (unpaired) electrons. The molecule has 0 bridgehead atoms. The molecule has 1 heterocycles. The Labute approximate surface area is 118 Å². The standard InChI is InChI=1S/C13H18N2O4S/c1-3-20(17,18)14-8-12-9-15(13(16)19-12)11-6-4-10(2)5-7-11/h4-7,12,14H,3,8-9H2,1-2H3/t12-/m0/s1. The zero-order valence-corrected chi connectivity index (χ0v) is 12.3. The molecule has 1 N–H and O–H groups in total. The van der Waals surface area contributed by atoms with Crippen LogP contribution in [0.25, 0.3) is 0 Å². The molecule has 0 spiro atoms. The van der Waals surface area contributed by atoms with Gasteiger partial charge in [-0.1, -0.05) is 17.7 Å². The van der Waals surface area contributed by atoms with Crippen LogP contribution in [0.4, 0.5) is 10.5 Å². The van der Waals surface area contributed by atoms with Crippen LogP contribution in [-0.4, -0.2) is 39.5 Å². The van der Waals surface area contributed by atoms with Crippen LogP contribution in [-0.2, 0) is 14.8 Å². The summed E-state index contributed by atoms with van der Waals surface area (Å²) in [4.78, 5) is 13.3. The van der Waals surface area contributed by atoms with E-state index in [1.807, 2.05) is 31.2 Å². The molecule has 0 unspecified atom stereocenters. The Morgan fingerprint density at radius 2 is 2.00 bits per heavy atom. The number of carbonyl (C=O) groups is 1. The summed E-state index contributed by atoms with van der Waals surface area (Å²) in [6.45, 7) is 3.97. The molecular formula is C13H18N2O4S. The number of cyclic esters (lactones) is 1. The monoisotopic (exact) mass is 298 g/mol. The molecule has 1 fully saturated rings. The molecule has 1 aromatic carbocycles. The normalized spacial score (nSPS) is 19.2. The topological polar surface area (TPSA) is 75.7 Å². The number of nitrogens with one attached hydrogen (secondary N) is 1. The van der Waals surface area contributed by atoms with Crippen LogP contribution >= 0.6 is 0 Å². The molecule has 1 amide bonds. The number of hydrogen-bond donors (Lipinski definition) is 1. The second-order valence-corrected chi connectivity index (χ2v) is 6.80. The smallest absolute Gasteiger partial charge is 0.414 e. The number of benzene rings is 1. The highest BCUT2D eigenvalue weighted by molar-refractivity contribution is 7.89. The van der Waals surface area contributed by atoms with Crippen molar-refractivity contribution in [3.8, 4) is 0 Å². The zero-order chi connectivity index (χ0) is 14.8. The van der Waals surface area contributed by atoms with Crippen molar-refractivity contribution < 1.29 is 17.9 Å². The number of aryl methyl sites for hydroxylation is 1. The first-order valence-corrected chi connectivity index (χ1v) is 8.08. The fourth-order valence-corrected chi connectivity index (χ4v) is 2.53. The van der Waals surface area contributed by atoms with Gasteiger partial charge in [0, 0.05) is 12.2 Å². The molecule has 1 saturated heterocycles. The van der Waals surface area contributed by atoms with Gasteiger partial charge in [-0.05, 0) is 26.0 Å². The molecule has 1 aliphatic rings. The lowest BCUT2D eigenvalue weighted by Crippen LogP contribution is -2.35. The van der Waals surface area contributed by atoms with Crippen LogP contribution in [0.2, 0.25) is 0 Å². The fourth-order valence-electron chi connectivity index (χ4n) is 1.89. The summed E-state index contributed by atoms with van der Waals surface area (Å²) >= 11 is 0. The highest BCUT2D eigenvalue weighted by Gasteiger charge is 2.32. The second-order valence-electron chi connectivity index (χ2n) is 4.70. The first kappa shape index (κ1) is 14.8. The Hall–Kier alpha value is -1.60. The van der Waals surface area contributed by atoms with Gasteiger partial charge in [0.2, 0.25) is 10.0 Å². The third-order valence-corrected chi connectivity index (χ3v) is 4.50. The average Bonchev–Trinajstić information content (AvgIpc) is 2.79. The number of sulfonamides is 1. The molecule has 2 rings (SSSR count). The molecule has 110 valence electrons. The molecule has 0 aliphatic carbocycles.